The molecule has 0 aromatic rings. The molecule has 2 unspecified atom stereocenters. The van der Waals surface area contributed by atoms with E-state index in [0.29, 0.717) is 19.4 Å². The van der Waals surface area contributed by atoms with Crippen LogP contribution >= 0.6 is 0 Å². The summed E-state index contributed by atoms with van der Waals surface area (Å²) in [6.07, 6.45) is 6.63. The number of rotatable bonds is 12. The number of unbranched alkanes of at least 4 members (excludes halogenated alkanes) is 2. The van der Waals surface area contributed by atoms with Crippen molar-refractivity contribution in [2.45, 2.75) is 69.7 Å². The highest BCUT2D eigenvalue weighted by molar-refractivity contribution is 5.98. The maximum atomic E-state index is 13.7. The molecule has 0 aromatic carbocycles. The molecule has 0 aromatic heterocycles. The summed E-state index contributed by atoms with van der Waals surface area (Å²) in [7, 11) is 0. The lowest BCUT2D eigenvalue weighted by atomic mass is 9.70. The van der Waals surface area contributed by atoms with Crippen molar-refractivity contribution in [2.75, 3.05) is 26.3 Å². The van der Waals surface area contributed by atoms with Crippen LogP contribution in [0.4, 0.5) is 0 Å². The van der Waals surface area contributed by atoms with Crippen LogP contribution in [-0.4, -0.2) is 82.8 Å². The fourth-order valence-corrected chi connectivity index (χ4v) is 5.56. The number of aliphatic hydroxyl groups excluding tert-OH is 1. The number of nitrogens with zero attached hydrogens (tertiary/aromatic N) is 2. The minimum absolute atomic E-state index is 0.0187. The Morgan fingerprint density at radius 2 is 2.09 bits per heavy atom. The molecule has 2 bridgehead atoms. The molecular weight excluding hydrogens is 412 g/mol. The molecule has 1 N–H and O–H groups in total. The lowest BCUT2D eigenvalue weighted by Gasteiger charge is -2.38. The molecule has 3 saturated heterocycles. The zero-order valence-corrected chi connectivity index (χ0v) is 19.2. The highest BCUT2D eigenvalue weighted by Crippen LogP contribution is 2.58. The predicted octanol–water partition coefficient (Wildman–Crippen LogP) is 1.68. The van der Waals surface area contributed by atoms with E-state index in [2.05, 4.69) is 13.2 Å². The molecule has 3 aliphatic heterocycles. The van der Waals surface area contributed by atoms with Crippen LogP contribution in [0, 0.1) is 11.8 Å². The van der Waals surface area contributed by atoms with Crippen molar-refractivity contribution in [3.8, 4) is 0 Å². The SMILES string of the molecule is C=CCCCCOC(=O)[C@@H]1[C@H]2C(=O)N(CCO)C(C(=O)N(CC=C)C(C)C)C23CC[C@H]1O3. The van der Waals surface area contributed by atoms with Crippen LogP contribution < -0.4 is 0 Å². The molecule has 1 spiro atoms. The van der Waals surface area contributed by atoms with Gasteiger partial charge in [0.25, 0.3) is 0 Å². The van der Waals surface area contributed by atoms with Crippen molar-refractivity contribution in [1.82, 2.24) is 9.80 Å². The molecule has 2 amide bonds. The fraction of sp³-hybridized carbons (Fsp3) is 0.708. The second-order valence-corrected chi connectivity index (χ2v) is 9.14. The quantitative estimate of drug-likeness (QED) is 0.277. The van der Waals surface area contributed by atoms with Crippen molar-refractivity contribution in [1.29, 1.82) is 0 Å². The lowest BCUT2D eigenvalue weighted by molar-refractivity contribution is -0.155. The number of likely N-dealkylation sites (tertiary alicyclic amines) is 1. The van der Waals surface area contributed by atoms with E-state index in [0.717, 1.165) is 19.3 Å². The van der Waals surface area contributed by atoms with Gasteiger partial charge in [0.1, 0.15) is 11.6 Å². The number of β-amino-alcohol motifs (C(OH)–C–C–N with tert-alkyl or cyclic N) is 1. The number of fused-ring (bicyclic) bond motifs is 1. The average Bonchev–Trinajstić information content (AvgIpc) is 3.39. The number of hydrogen-bond donors (Lipinski definition) is 1. The number of carbonyl (C=O) groups excluding carboxylic acids is 3. The van der Waals surface area contributed by atoms with E-state index in [-0.39, 0.29) is 37.6 Å². The number of esters is 1. The third-order valence-electron chi connectivity index (χ3n) is 6.93. The maximum absolute atomic E-state index is 13.7. The van der Waals surface area contributed by atoms with E-state index in [9.17, 15) is 19.5 Å². The first-order valence-corrected chi connectivity index (χ1v) is 11.6. The van der Waals surface area contributed by atoms with Crippen LogP contribution in [-0.2, 0) is 23.9 Å². The molecule has 8 nitrogen and oxygen atoms in total. The van der Waals surface area contributed by atoms with Gasteiger partial charge in [-0.2, -0.15) is 0 Å². The van der Waals surface area contributed by atoms with E-state index < -0.39 is 35.6 Å². The van der Waals surface area contributed by atoms with Gasteiger partial charge >= 0.3 is 5.97 Å². The summed E-state index contributed by atoms with van der Waals surface area (Å²) in [6.45, 7) is 11.6. The fourth-order valence-electron chi connectivity index (χ4n) is 5.56. The van der Waals surface area contributed by atoms with Crippen molar-refractivity contribution >= 4 is 17.8 Å². The summed E-state index contributed by atoms with van der Waals surface area (Å²) in [5.74, 6) is -2.46. The second-order valence-electron chi connectivity index (χ2n) is 9.14. The number of hydrogen-bond acceptors (Lipinski definition) is 6. The van der Waals surface area contributed by atoms with Crippen LogP contribution in [0.15, 0.2) is 25.3 Å². The first-order chi connectivity index (χ1) is 15.3. The minimum atomic E-state index is -1.06. The minimum Gasteiger partial charge on any atom is -0.465 e. The Balaban J connectivity index is 1.86. The Labute approximate surface area is 190 Å². The molecule has 3 fully saturated rings. The topological polar surface area (TPSA) is 96.4 Å². The molecular formula is C24H36N2O6. The molecule has 0 saturated carbocycles. The van der Waals surface area contributed by atoms with Gasteiger partial charge in [0.15, 0.2) is 0 Å². The number of ether oxygens (including phenoxy) is 2. The Morgan fingerprint density at radius 1 is 1.34 bits per heavy atom. The molecule has 0 radical (unpaired) electrons. The van der Waals surface area contributed by atoms with Gasteiger partial charge in [0.2, 0.25) is 11.8 Å². The summed E-state index contributed by atoms with van der Waals surface area (Å²) < 4.78 is 11.8. The first kappa shape index (κ1) is 24.5. The van der Waals surface area contributed by atoms with E-state index >= 15 is 0 Å². The average molecular weight is 449 g/mol. The normalized spacial score (nSPS) is 30.5. The number of allylic oxidation sites excluding steroid dienone is 1. The van der Waals surface area contributed by atoms with E-state index in [1.165, 1.54) is 4.90 Å². The largest absolute Gasteiger partial charge is 0.465 e. The number of amides is 2. The van der Waals surface area contributed by atoms with Crippen molar-refractivity contribution < 1.29 is 29.0 Å². The predicted molar refractivity (Wildman–Crippen MR) is 118 cm³/mol. The number of carbonyl (C=O) groups is 3. The maximum Gasteiger partial charge on any atom is 0.312 e. The van der Waals surface area contributed by atoms with Gasteiger partial charge in [-0.1, -0.05) is 12.2 Å². The van der Waals surface area contributed by atoms with E-state index in [1.54, 1.807) is 11.0 Å². The highest BCUT2D eigenvalue weighted by Gasteiger charge is 2.75. The van der Waals surface area contributed by atoms with Gasteiger partial charge in [-0.05, 0) is 46.0 Å². The van der Waals surface area contributed by atoms with Crippen molar-refractivity contribution in [3.05, 3.63) is 25.3 Å². The van der Waals surface area contributed by atoms with Gasteiger partial charge < -0.3 is 24.4 Å². The van der Waals surface area contributed by atoms with Gasteiger partial charge in [-0.15, -0.1) is 13.2 Å². The first-order valence-electron chi connectivity index (χ1n) is 11.6. The summed E-state index contributed by atoms with van der Waals surface area (Å²) in [5.41, 5.74) is -1.06. The molecule has 3 rings (SSSR count). The van der Waals surface area contributed by atoms with Gasteiger partial charge in [-0.3, -0.25) is 14.4 Å². The van der Waals surface area contributed by atoms with Gasteiger partial charge in [0, 0.05) is 19.1 Å². The Morgan fingerprint density at radius 3 is 2.72 bits per heavy atom. The molecule has 0 aliphatic carbocycles. The molecule has 178 valence electrons. The molecule has 8 heteroatoms. The van der Waals surface area contributed by atoms with Crippen molar-refractivity contribution in [3.63, 3.8) is 0 Å². The van der Waals surface area contributed by atoms with Crippen LogP contribution in [0.2, 0.25) is 0 Å². The van der Waals surface area contributed by atoms with E-state index in [1.807, 2.05) is 19.9 Å². The Hall–Kier alpha value is -2.19. The van der Waals surface area contributed by atoms with Gasteiger partial charge in [-0.25, -0.2) is 0 Å². The molecule has 3 heterocycles. The molecule has 5 atom stereocenters. The standard InChI is InChI=1S/C24H36N2O6/c1-5-7-8-9-15-31-23(30)18-17-10-11-24(32-17)19(18)21(28)26(13-14-27)20(24)22(29)25(12-6-2)16(3)4/h5-6,16-20,27H,1-2,7-15H2,3-4H3/t17-,18+,19+,20?,24?/m1/s1. The van der Waals surface area contributed by atoms with Crippen molar-refractivity contribution in [2.24, 2.45) is 11.8 Å². The highest BCUT2D eigenvalue weighted by atomic mass is 16.6. The Kier molecular flexibility index (Phi) is 7.77. The van der Waals surface area contributed by atoms with Crippen LogP contribution in [0.25, 0.3) is 0 Å². The third kappa shape index (κ3) is 4.10. The zero-order valence-electron chi connectivity index (χ0n) is 19.2. The molecule has 32 heavy (non-hydrogen) atoms. The van der Waals surface area contributed by atoms with Crippen LogP contribution in [0.3, 0.4) is 0 Å². The molecule has 3 aliphatic rings. The summed E-state index contributed by atoms with van der Waals surface area (Å²) in [6, 6.07) is -0.971. The smallest absolute Gasteiger partial charge is 0.312 e. The second kappa shape index (κ2) is 10.2. The van der Waals surface area contributed by atoms with E-state index in [4.69, 9.17) is 9.47 Å². The van der Waals surface area contributed by atoms with Gasteiger partial charge in [0.05, 0.1) is 31.2 Å². The zero-order chi connectivity index (χ0) is 23.5. The monoisotopic (exact) mass is 448 g/mol. The van der Waals surface area contributed by atoms with Crippen LogP contribution in [0.5, 0.6) is 0 Å². The summed E-state index contributed by atoms with van der Waals surface area (Å²) in [5, 5.41) is 9.61. The lowest BCUT2D eigenvalue weighted by Crippen LogP contribution is -2.57. The number of aliphatic hydroxyl groups is 1. The Bertz CT molecular complexity index is 753. The third-order valence-corrected chi connectivity index (χ3v) is 6.93. The van der Waals surface area contributed by atoms with Crippen LogP contribution in [0.1, 0.15) is 46.0 Å². The summed E-state index contributed by atoms with van der Waals surface area (Å²) in [4.78, 5) is 43.2. The summed E-state index contributed by atoms with van der Waals surface area (Å²) >= 11 is 0.